The summed E-state index contributed by atoms with van der Waals surface area (Å²) in [6, 6.07) is 16.6. The van der Waals surface area contributed by atoms with Gasteiger partial charge in [-0.05, 0) is 93.0 Å². The summed E-state index contributed by atoms with van der Waals surface area (Å²) >= 11 is 0. The number of ether oxygens (including phenoxy) is 2. The van der Waals surface area contributed by atoms with E-state index < -0.39 is 5.82 Å². The Hall–Kier alpha value is -4.24. The minimum absolute atomic E-state index is 0.115. The van der Waals surface area contributed by atoms with Gasteiger partial charge in [0.15, 0.2) is 11.5 Å². The molecule has 1 fully saturated rings. The molecule has 0 unspecified atom stereocenters. The lowest BCUT2D eigenvalue weighted by Crippen LogP contribution is -2.32. The lowest BCUT2D eigenvalue weighted by atomic mass is 9.98. The highest BCUT2D eigenvalue weighted by molar-refractivity contribution is 5.94. The fourth-order valence-electron chi connectivity index (χ4n) is 5.96. The SMILES string of the molecule is COc1cc2c(Nc3ccc(NC(=O)CC4Cc5ccccc5C4)cc3F)ncnc2cc1OCC1CCN(C)CC1. The number of hydrogen-bond donors (Lipinski definition) is 2. The van der Waals surface area contributed by atoms with Crippen molar-refractivity contribution in [1.29, 1.82) is 0 Å². The molecule has 2 N–H and O–H groups in total. The third kappa shape index (κ3) is 6.31. The zero-order valence-corrected chi connectivity index (χ0v) is 24.0. The van der Waals surface area contributed by atoms with Crippen molar-refractivity contribution in [3.05, 3.63) is 77.9 Å². The van der Waals surface area contributed by atoms with Crippen LogP contribution < -0.4 is 20.1 Å². The van der Waals surface area contributed by atoms with Gasteiger partial charge in [0.2, 0.25) is 5.91 Å². The van der Waals surface area contributed by atoms with Crippen molar-refractivity contribution >= 4 is 34.0 Å². The maximum absolute atomic E-state index is 15.2. The Labute approximate surface area is 245 Å². The average Bonchev–Trinajstić information content (AvgIpc) is 3.40. The minimum atomic E-state index is -0.502. The smallest absolute Gasteiger partial charge is 0.224 e. The maximum atomic E-state index is 15.2. The molecule has 1 saturated heterocycles. The van der Waals surface area contributed by atoms with E-state index in [1.165, 1.54) is 23.5 Å². The van der Waals surface area contributed by atoms with E-state index in [4.69, 9.17) is 9.47 Å². The number of methoxy groups -OCH3 is 1. The van der Waals surface area contributed by atoms with Crippen LogP contribution in [0.5, 0.6) is 11.5 Å². The third-order valence-corrected chi connectivity index (χ3v) is 8.35. The largest absolute Gasteiger partial charge is 0.493 e. The Morgan fingerprint density at radius 3 is 2.48 bits per heavy atom. The Kier molecular flexibility index (Phi) is 8.19. The number of piperidine rings is 1. The molecule has 2 heterocycles. The summed E-state index contributed by atoms with van der Waals surface area (Å²) in [5.41, 5.74) is 3.93. The first kappa shape index (κ1) is 27.9. The van der Waals surface area contributed by atoms with Crippen molar-refractivity contribution in [1.82, 2.24) is 14.9 Å². The van der Waals surface area contributed by atoms with Crippen LogP contribution in [-0.2, 0) is 17.6 Å². The zero-order valence-electron chi connectivity index (χ0n) is 24.0. The summed E-state index contributed by atoms with van der Waals surface area (Å²) in [5, 5.41) is 6.61. The van der Waals surface area contributed by atoms with Gasteiger partial charge < -0.3 is 25.0 Å². The number of nitrogens with zero attached hydrogens (tertiary/aromatic N) is 3. The highest BCUT2D eigenvalue weighted by Crippen LogP contribution is 2.36. The number of rotatable bonds is 9. The number of carbonyl (C=O) groups excluding carboxylic acids is 1. The Bertz CT molecular complexity index is 1560. The van der Waals surface area contributed by atoms with Crippen LogP contribution in [0.1, 0.15) is 30.4 Å². The molecule has 1 aliphatic heterocycles. The number of hydrogen-bond acceptors (Lipinski definition) is 7. The van der Waals surface area contributed by atoms with E-state index in [-0.39, 0.29) is 17.5 Å². The van der Waals surface area contributed by atoms with Crippen LogP contribution in [0, 0.1) is 17.7 Å². The molecule has 3 aromatic carbocycles. The van der Waals surface area contributed by atoms with Gasteiger partial charge >= 0.3 is 0 Å². The van der Waals surface area contributed by atoms with Crippen LogP contribution >= 0.6 is 0 Å². The summed E-state index contributed by atoms with van der Waals surface area (Å²) < 4.78 is 27.0. The molecular weight excluding hydrogens is 533 g/mol. The number of nitrogens with one attached hydrogen (secondary N) is 2. The van der Waals surface area contributed by atoms with Gasteiger partial charge in [0.1, 0.15) is 18.0 Å². The molecule has 1 amide bonds. The highest BCUT2D eigenvalue weighted by Gasteiger charge is 2.24. The molecule has 0 spiro atoms. The fraction of sp³-hybridized carbons (Fsp3) is 0.364. The quantitative estimate of drug-likeness (QED) is 0.256. The first-order valence-electron chi connectivity index (χ1n) is 14.5. The van der Waals surface area contributed by atoms with E-state index in [9.17, 15) is 4.79 Å². The van der Waals surface area contributed by atoms with Gasteiger partial charge in [-0.2, -0.15) is 0 Å². The van der Waals surface area contributed by atoms with Gasteiger partial charge in [-0.3, -0.25) is 4.79 Å². The molecule has 0 atom stereocenters. The summed E-state index contributed by atoms with van der Waals surface area (Å²) in [6.07, 6.45) is 5.83. The third-order valence-electron chi connectivity index (χ3n) is 8.35. The molecule has 9 heteroatoms. The predicted molar refractivity (Wildman–Crippen MR) is 162 cm³/mol. The molecular formula is C33H36FN5O3. The maximum Gasteiger partial charge on any atom is 0.224 e. The van der Waals surface area contributed by atoms with Crippen LogP contribution in [0.2, 0.25) is 0 Å². The van der Waals surface area contributed by atoms with Crippen molar-refractivity contribution < 1.29 is 18.7 Å². The monoisotopic (exact) mass is 569 g/mol. The molecule has 4 aromatic rings. The molecule has 8 nitrogen and oxygen atoms in total. The second-order valence-corrected chi connectivity index (χ2v) is 11.4. The number of fused-ring (bicyclic) bond motifs is 2. The van der Waals surface area contributed by atoms with Gasteiger partial charge in [0, 0.05) is 23.6 Å². The van der Waals surface area contributed by atoms with Crippen LogP contribution in [0.3, 0.4) is 0 Å². The topological polar surface area (TPSA) is 88.6 Å². The number of benzene rings is 3. The van der Waals surface area contributed by atoms with Crippen LogP contribution in [0.15, 0.2) is 60.9 Å². The molecule has 2 aliphatic rings. The molecule has 6 rings (SSSR count). The van der Waals surface area contributed by atoms with E-state index in [0.29, 0.717) is 52.9 Å². The van der Waals surface area contributed by atoms with Crippen LogP contribution in [-0.4, -0.2) is 54.6 Å². The van der Waals surface area contributed by atoms with E-state index in [0.717, 1.165) is 38.8 Å². The number of amides is 1. The van der Waals surface area contributed by atoms with Crippen LogP contribution in [0.25, 0.3) is 10.9 Å². The Morgan fingerprint density at radius 1 is 1.00 bits per heavy atom. The van der Waals surface area contributed by atoms with Crippen molar-refractivity contribution in [2.75, 3.05) is 44.5 Å². The van der Waals surface area contributed by atoms with Gasteiger partial charge in [-0.15, -0.1) is 0 Å². The van der Waals surface area contributed by atoms with Crippen molar-refractivity contribution in [2.45, 2.75) is 32.1 Å². The summed E-state index contributed by atoms with van der Waals surface area (Å²) in [4.78, 5) is 23.8. The second-order valence-electron chi connectivity index (χ2n) is 11.4. The average molecular weight is 570 g/mol. The standard InChI is InChI=1S/C33H36FN5O3/c1-39-11-9-21(10-12-39)19-42-31-18-29-26(17-30(31)41-2)33(36-20-35-29)38-28-8-7-25(16-27(28)34)37-32(40)15-22-13-23-5-3-4-6-24(23)14-22/h3-8,16-18,20-22H,9-15,19H2,1-2H3,(H,37,40)(H,35,36,38). The van der Waals surface area contributed by atoms with E-state index in [1.807, 2.05) is 24.3 Å². The molecule has 0 bridgehead atoms. The summed E-state index contributed by atoms with van der Waals surface area (Å²) in [5.74, 6) is 1.78. The van der Waals surface area contributed by atoms with Gasteiger partial charge in [-0.25, -0.2) is 14.4 Å². The number of anilines is 3. The Morgan fingerprint density at radius 2 is 1.76 bits per heavy atom. The van der Waals surface area contributed by atoms with Crippen molar-refractivity contribution in [2.24, 2.45) is 11.8 Å². The van der Waals surface area contributed by atoms with Crippen molar-refractivity contribution in [3.63, 3.8) is 0 Å². The number of likely N-dealkylation sites (tertiary alicyclic amines) is 1. The normalized spacial score (nSPS) is 15.9. The van der Waals surface area contributed by atoms with Gasteiger partial charge in [0.05, 0.1) is 24.9 Å². The van der Waals surface area contributed by atoms with Crippen LogP contribution in [0.4, 0.5) is 21.6 Å². The molecule has 218 valence electrons. The molecule has 42 heavy (non-hydrogen) atoms. The predicted octanol–water partition coefficient (Wildman–Crippen LogP) is 5.99. The van der Waals surface area contributed by atoms with E-state index >= 15 is 4.39 Å². The highest BCUT2D eigenvalue weighted by atomic mass is 19.1. The number of carbonyl (C=O) groups is 1. The van der Waals surface area contributed by atoms with Gasteiger partial charge in [0.25, 0.3) is 0 Å². The summed E-state index contributed by atoms with van der Waals surface area (Å²) in [7, 11) is 3.74. The lowest BCUT2D eigenvalue weighted by molar-refractivity contribution is -0.117. The van der Waals surface area contributed by atoms with E-state index in [2.05, 4.69) is 44.7 Å². The molecule has 1 aliphatic carbocycles. The molecule has 0 radical (unpaired) electrons. The van der Waals surface area contributed by atoms with Gasteiger partial charge in [-0.1, -0.05) is 24.3 Å². The number of aromatic nitrogens is 2. The molecule has 0 saturated carbocycles. The van der Waals surface area contributed by atoms with E-state index in [1.54, 1.807) is 19.2 Å². The zero-order chi connectivity index (χ0) is 29.1. The lowest BCUT2D eigenvalue weighted by Gasteiger charge is -2.28. The number of halogens is 1. The first-order chi connectivity index (χ1) is 20.4. The second kappa shape index (κ2) is 12.3. The van der Waals surface area contributed by atoms with Crippen molar-refractivity contribution in [3.8, 4) is 11.5 Å². The minimum Gasteiger partial charge on any atom is -0.493 e. The molecule has 1 aromatic heterocycles. The first-order valence-corrected chi connectivity index (χ1v) is 14.5. The summed E-state index contributed by atoms with van der Waals surface area (Å²) in [6.45, 7) is 2.77. The Balaban J connectivity index is 1.11. The fourth-order valence-corrected chi connectivity index (χ4v) is 5.96.